The van der Waals surface area contributed by atoms with Gasteiger partial charge in [-0.15, -0.1) is 0 Å². The Morgan fingerprint density at radius 3 is 2.57 bits per heavy atom. The van der Waals surface area contributed by atoms with Crippen molar-refractivity contribution < 1.29 is 33.7 Å². The average molecular weight is 482 g/mol. The summed E-state index contributed by atoms with van der Waals surface area (Å²) in [6.07, 6.45) is 0.864. The zero-order chi connectivity index (χ0) is 24.6. The van der Waals surface area contributed by atoms with E-state index in [0.717, 1.165) is 16.8 Å². The molecular formula is C25H27N3O7. The van der Waals surface area contributed by atoms with Crippen LogP contribution in [0.2, 0.25) is 0 Å². The Balaban J connectivity index is 1.28. The number of aliphatic carboxylic acids is 1. The van der Waals surface area contributed by atoms with E-state index in [0.29, 0.717) is 30.1 Å². The van der Waals surface area contributed by atoms with Crippen molar-refractivity contribution in [2.75, 3.05) is 37.9 Å². The fraction of sp³-hybridized carbons (Fsp3) is 0.400. The number of benzene rings is 2. The molecule has 10 heteroatoms. The van der Waals surface area contributed by atoms with Crippen LogP contribution in [-0.2, 0) is 15.0 Å². The molecule has 3 amide bonds. The van der Waals surface area contributed by atoms with Crippen LogP contribution in [-0.4, -0.2) is 56.0 Å². The van der Waals surface area contributed by atoms with E-state index in [2.05, 4.69) is 10.6 Å². The minimum absolute atomic E-state index is 0.120. The predicted octanol–water partition coefficient (Wildman–Crippen LogP) is 2.24. The van der Waals surface area contributed by atoms with Gasteiger partial charge in [0.1, 0.15) is 17.8 Å². The van der Waals surface area contributed by atoms with Crippen molar-refractivity contribution >= 4 is 23.6 Å². The Morgan fingerprint density at radius 2 is 1.80 bits per heavy atom. The number of carbonyl (C=O) groups excluding carboxylic acids is 2. The topological polar surface area (TPSA) is 126 Å². The zero-order valence-corrected chi connectivity index (χ0v) is 19.3. The number of fused-ring (bicyclic) bond motifs is 5. The van der Waals surface area contributed by atoms with Gasteiger partial charge >= 0.3 is 12.0 Å². The largest absolute Gasteiger partial charge is 0.491 e. The first-order chi connectivity index (χ1) is 17.0. The van der Waals surface area contributed by atoms with Crippen LogP contribution >= 0.6 is 0 Å². The van der Waals surface area contributed by atoms with Gasteiger partial charge in [0.15, 0.2) is 11.5 Å². The molecule has 0 radical (unpaired) electrons. The van der Waals surface area contributed by atoms with Gasteiger partial charge in [-0.1, -0.05) is 25.1 Å². The molecule has 2 unspecified atom stereocenters. The molecule has 3 aliphatic heterocycles. The van der Waals surface area contributed by atoms with Crippen molar-refractivity contribution in [1.82, 2.24) is 10.6 Å². The normalized spacial score (nSPS) is 19.8. The fourth-order valence-corrected chi connectivity index (χ4v) is 4.99. The molecule has 1 spiro atoms. The summed E-state index contributed by atoms with van der Waals surface area (Å²) in [7, 11) is 0. The Labute approximate surface area is 202 Å². The molecule has 3 aliphatic rings. The van der Waals surface area contributed by atoms with Crippen molar-refractivity contribution in [1.29, 1.82) is 0 Å². The van der Waals surface area contributed by atoms with Crippen LogP contribution in [0.1, 0.15) is 30.9 Å². The summed E-state index contributed by atoms with van der Waals surface area (Å²) < 4.78 is 17.0. The van der Waals surface area contributed by atoms with Crippen LogP contribution in [0.25, 0.3) is 0 Å². The van der Waals surface area contributed by atoms with Crippen LogP contribution in [0.4, 0.5) is 10.5 Å². The van der Waals surface area contributed by atoms with Crippen molar-refractivity contribution in [3.05, 3.63) is 47.5 Å². The van der Waals surface area contributed by atoms with E-state index in [1.807, 2.05) is 30.3 Å². The lowest BCUT2D eigenvalue weighted by atomic mass is 9.77. The van der Waals surface area contributed by atoms with Crippen molar-refractivity contribution in [3.8, 4) is 17.2 Å². The second-order valence-electron chi connectivity index (χ2n) is 8.78. The number of carboxylic acid groups (broad SMARTS) is 1. The quantitative estimate of drug-likeness (QED) is 0.528. The summed E-state index contributed by atoms with van der Waals surface area (Å²) in [5.41, 5.74) is 1.39. The zero-order valence-electron chi connectivity index (χ0n) is 19.3. The Kier molecular flexibility index (Phi) is 5.88. The number of hydrogen-bond acceptors (Lipinski definition) is 6. The Bertz CT molecular complexity index is 1180. The fourth-order valence-electron chi connectivity index (χ4n) is 4.99. The predicted molar refractivity (Wildman–Crippen MR) is 125 cm³/mol. The first kappa shape index (κ1) is 22.8. The molecule has 184 valence electrons. The van der Waals surface area contributed by atoms with Crippen molar-refractivity contribution in [3.63, 3.8) is 0 Å². The molecule has 0 aromatic heterocycles. The SMILES string of the molecule is CCC(CCNC(=O)NCCN1C(=O)C2(COc3cc4c(cc32)OCO4)c2ccccc21)C(=O)O. The molecule has 0 bridgehead atoms. The molecule has 0 saturated heterocycles. The van der Waals surface area contributed by atoms with Gasteiger partial charge in [-0.25, -0.2) is 4.79 Å². The summed E-state index contributed by atoms with van der Waals surface area (Å²) in [6, 6.07) is 10.8. The lowest BCUT2D eigenvalue weighted by Crippen LogP contribution is -2.46. The summed E-state index contributed by atoms with van der Waals surface area (Å²) in [5.74, 6) is 0.314. The molecule has 3 N–H and O–H groups in total. The highest BCUT2D eigenvalue weighted by molar-refractivity contribution is 6.11. The second-order valence-corrected chi connectivity index (χ2v) is 8.78. The van der Waals surface area contributed by atoms with E-state index in [-0.39, 0.29) is 38.9 Å². The number of nitrogens with one attached hydrogen (secondary N) is 2. The minimum Gasteiger partial charge on any atom is -0.491 e. The van der Waals surface area contributed by atoms with Crippen LogP contribution < -0.4 is 29.7 Å². The van der Waals surface area contributed by atoms with Crippen LogP contribution in [0.15, 0.2) is 36.4 Å². The van der Waals surface area contributed by atoms with Gasteiger partial charge in [0.25, 0.3) is 0 Å². The van der Waals surface area contributed by atoms with E-state index in [4.69, 9.17) is 19.3 Å². The first-order valence-corrected chi connectivity index (χ1v) is 11.7. The van der Waals surface area contributed by atoms with E-state index in [1.54, 1.807) is 17.9 Å². The van der Waals surface area contributed by atoms with E-state index >= 15 is 0 Å². The minimum atomic E-state index is -0.985. The molecule has 35 heavy (non-hydrogen) atoms. The van der Waals surface area contributed by atoms with Crippen LogP contribution in [0, 0.1) is 5.92 Å². The number of carboxylic acids is 1. The summed E-state index contributed by atoms with van der Waals surface area (Å²) in [4.78, 5) is 38.8. The van der Waals surface area contributed by atoms with Gasteiger partial charge < -0.3 is 34.9 Å². The second kappa shape index (κ2) is 9.01. The number of anilines is 1. The number of carbonyl (C=O) groups is 3. The Morgan fingerprint density at radius 1 is 1.06 bits per heavy atom. The molecule has 2 aromatic carbocycles. The standard InChI is InChI=1S/C25H27N3O7/c1-2-15(22(29)30)7-8-26-24(32)27-9-10-28-18-6-4-3-5-16(18)25(23(28)31)13-33-19-12-21-20(11-17(19)25)34-14-35-21/h3-6,11-12,15H,2,7-10,13-14H2,1H3,(H,29,30)(H2,26,27,32). The average Bonchev–Trinajstić information content (AvgIpc) is 3.52. The monoisotopic (exact) mass is 481 g/mol. The van der Waals surface area contributed by atoms with Crippen LogP contribution in [0.5, 0.6) is 17.2 Å². The smallest absolute Gasteiger partial charge is 0.314 e. The maximum atomic E-state index is 13.9. The number of para-hydroxylation sites is 1. The van der Waals surface area contributed by atoms with Gasteiger partial charge in [0.05, 0.1) is 5.92 Å². The van der Waals surface area contributed by atoms with Crippen molar-refractivity contribution in [2.45, 2.75) is 25.2 Å². The molecule has 10 nitrogen and oxygen atoms in total. The van der Waals surface area contributed by atoms with Gasteiger partial charge in [-0.3, -0.25) is 9.59 Å². The lowest BCUT2D eigenvalue weighted by molar-refractivity contribution is -0.142. The first-order valence-electron chi connectivity index (χ1n) is 11.7. The molecule has 3 heterocycles. The molecule has 2 aromatic rings. The highest BCUT2D eigenvalue weighted by atomic mass is 16.7. The summed E-state index contributed by atoms with van der Waals surface area (Å²) >= 11 is 0. The molecule has 2 atom stereocenters. The third kappa shape index (κ3) is 3.78. The molecule has 5 rings (SSSR count). The number of ether oxygens (including phenoxy) is 3. The maximum Gasteiger partial charge on any atom is 0.314 e. The van der Waals surface area contributed by atoms with Gasteiger partial charge in [-0.05, 0) is 30.5 Å². The highest BCUT2D eigenvalue weighted by Gasteiger charge is 2.57. The van der Waals surface area contributed by atoms with Gasteiger partial charge in [0, 0.05) is 37.0 Å². The van der Waals surface area contributed by atoms with E-state index in [1.165, 1.54) is 0 Å². The summed E-state index contributed by atoms with van der Waals surface area (Å²) in [6.45, 7) is 2.87. The molecule has 0 aliphatic carbocycles. The number of rotatable bonds is 8. The molecule has 0 saturated carbocycles. The van der Waals surface area contributed by atoms with Crippen LogP contribution in [0.3, 0.4) is 0 Å². The highest BCUT2D eigenvalue weighted by Crippen LogP contribution is 2.54. The Hall–Kier alpha value is -3.95. The summed E-state index contributed by atoms with van der Waals surface area (Å²) in [5, 5.41) is 14.5. The number of urea groups is 1. The number of nitrogens with zero attached hydrogens (tertiary/aromatic N) is 1. The van der Waals surface area contributed by atoms with Gasteiger partial charge in [0.2, 0.25) is 12.7 Å². The lowest BCUT2D eigenvalue weighted by Gasteiger charge is -2.23. The number of hydrogen-bond donors (Lipinski definition) is 3. The molecular weight excluding hydrogens is 454 g/mol. The van der Waals surface area contributed by atoms with E-state index < -0.39 is 23.3 Å². The number of amides is 3. The van der Waals surface area contributed by atoms with Gasteiger partial charge in [-0.2, -0.15) is 0 Å². The van der Waals surface area contributed by atoms with Crippen molar-refractivity contribution in [2.24, 2.45) is 5.92 Å². The maximum absolute atomic E-state index is 13.9. The molecule has 0 fully saturated rings. The third-order valence-corrected chi connectivity index (χ3v) is 6.88. The van der Waals surface area contributed by atoms with E-state index in [9.17, 15) is 14.4 Å². The third-order valence-electron chi connectivity index (χ3n) is 6.88.